The zero-order chi connectivity index (χ0) is 17.3. The van der Waals surface area contributed by atoms with Crippen LogP contribution in [0.3, 0.4) is 0 Å². The average Bonchev–Trinajstić information content (AvgIpc) is 2.34. The van der Waals surface area contributed by atoms with E-state index in [1.807, 2.05) is 20.8 Å². The number of nitrogens with one attached hydrogen (secondary N) is 2. The van der Waals surface area contributed by atoms with Gasteiger partial charge in [0.1, 0.15) is 11.6 Å². The smallest absolute Gasteiger partial charge is 0.408 e. The summed E-state index contributed by atoms with van der Waals surface area (Å²) in [5.41, 5.74) is -0.598. The maximum Gasteiger partial charge on any atom is 0.408 e. The Balaban J connectivity index is 4.49. The van der Waals surface area contributed by atoms with Crippen molar-refractivity contribution in [1.82, 2.24) is 10.6 Å². The minimum absolute atomic E-state index is 0.0987. The normalized spacial score (nSPS) is 14.4. The average molecular weight is 316 g/mol. The van der Waals surface area contributed by atoms with E-state index in [4.69, 9.17) is 9.84 Å². The predicted octanol–water partition coefficient (Wildman–Crippen LogP) is 2.06. The third-order valence-electron chi connectivity index (χ3n) is 2.96. The van der Waals surface area contributed by atoms with E-state index < -0.39 is 17.7 Å². The summed E-state index contributed by atoms with van der Waals surface area (Å²) in [6.07, 6.45) is 0.654. The second kappa shape index (κ2) is 9.66. The molecule has 0 aliphatic rings. The van der Waals surface area contributed by atoms with Crippen molar-refractivity contribution in [2.24, 2.45) is 11.8 Å². The van der Waals surface area contributed by atoms with E-state index in [2.05, 4.69) is 10.6 Å². The summed E-state index contributed by atoms with van der Waals surface area (Å²) in [7, 11) is 0. The Kier molecular flexibility index (Phi) is 9.09. The highest BCUT2D eigenvalue weighted by Gasteiger charge is 2.24. The molecule has 0 heterocycles. The highest BCUT2D eigenvalue weighted by atomic mass is 16.6. The van der Waals surface area contributed by atoms with Gasteiger partial charge in [-0.1, -0.05) is 20.8 Å². The minimum Gasteiger partial charge on any atom is -0.444 e. The number of hydrogen-bond donors (Lipinski definition) is 3. The fraction of sp³-hybridized carbons (Fsp3) is 0.875. The minimum atomic E-state index is -0.612. The molecule has 130 valence electrons. The molecule has 0 saturated carbocycles. The van der Waals surface area contributed by atoms with Crippen molar-refractivity contribution in [3.8, 4) is 0 Å². The van der Waals surface area contributed by atoms with Crippen LogP contribution in [0.15, 0.2) is 0 Å². The third-order valence-corrected chi connectivity index (χ3v) is 2.96. The summed E-state index contributed by atoms with van der Waals surface area (Å²) in [6, 6.07) is -0.612. The fourth-order valence-corrected chi connectivity index (χ4v) is 1.81. The monoisotopic (exact) mass is 316 g/mol. The number of amides is 2. The molecule has 0 spiro atoms. The van der Waals surface area contributed by atoms with Gasteiger partial charge >= 0.3 is 6.09 Å². The molecule has 0 fully saturated rings. The van der Waals surface area contributed by atoms with Crippen LogP contribution in [0.2, 0.25) is 0 Å². The van der Waals surface area contributed by atoms with Gasteiger partial charge in [0.25, 0.3) is 0 Å². The van der Waals surface area contributed by atoms with Gasteiger partial charge < -0.3 is 20.5 Å². The lowest BCUT2D eigenvalue weighted by molar-refractivity contribution is -0.123. The summed E-state index contributed by atoms with van der Waals surface area (Å²) in [6.45, 7) is 11.8. The third kappa shape index (κ3) is 10.4. The lowest BCUT2D eigenvalue weighted by Crippen LogP contribution is -2.49. The van der Waals surface area contributed by atoms with Gasteiger partial charge in [0, 0.05) is 13.2 Å². The summed E-state index contributed by atoms with van der Waals surface area (Å²) in [4.78, 5) is 24.0. The molecule has 2 amide bonds. The Labute approximate surface area is 134 Å². The number of carbonyl (C=O) groups excluding carboxylic acids is 2. The topological polar surface area (TPSA) is 87.7 Å². The summed E-state index contributed by atoms with van der Waals surface area (Å²) in [5.74, 6) is 0.189. The molecule has 0 aliphatic carbocycles. The lowest BCUT2D eigenvalue weighted by atomic mass is 10.0. The van der Waals surface area contributed by atoms with Gasteiger partial charge in [0.2, 0.25) is 5.91 Å². The zero-order valence-electron chi connectivity index (χ0n) is 14.7. The van der Waals surface area contributed by atoms with Crippen molar-refractivity contribution in [3.63, 3.8) is 0 Å². The van der Waals surface area contributed by atoms with Gasteiger partial charge in [-0.15, -0.1) is 0 Å². The Morgan fingerprint density at radius 1 is 1.18 bits per heavy atom. The van der Waals surface area contributed by atoms with Crippen LogP contribution in [-0.4, -0.2) is 41.9 Å². The molecular formula is C16H32N2O4. The van der Waals surface area contributed by atoms with E-state index in [0.717, 1.165) is 0 Å². The lowest BCUT2D eigenvalue weighted by Gasteiger charge is -2.24. The SMILES string of the molecule is CC(C)CC(NC(=O)OC(C)(C)C)C(=O)NCCC(C)CO. The maximum atomic E-state index is 12.2. The number of rotatable bonds is 8. The molecular weight excluding hydrogens is 284 g/mol. The number of ether oxygens (including phenoxy) is 1. The van der Waals surface area contributed by atoms with Gasteiger partial charge in [-0.3, -0.25) is 4.79 Å². The number of aliphatic hydroxyl groups is 1. The largest absolute Gasteiger partial charge is 0.444 e. The van der Waals surface area contributed by atoms with Crippen LogP contribution < -0.4 is 10.6 Å². The van der Waals surface area contributed by atoms with Gasteiger partial charge in [-0.25, -0.2) is 4.79 Å². The Morgan fingerprint density at radius 3 is 2.23 bits per heavy atom. The molecule has 0 bridgehead atoms. The van der Waals surface area contributed by atoms with E-state index in [0.29, 0.717) is 19.4 Å². The molecule has 0 aromatic carbocycles. The molecule has 0 aliphatic heterocycles. The van der Waals surface area contributed by atoms with E-state index in [1.54, 1.807) is 20.8 Å². The molecule has 6 heteroatoms. The molecule has 0 radical (unpaired) electrons. The number of hydrogen-bond acceptors (Lipinski definition) is 4. The van der Waals surface area contributed by atoms with Gasteiger partial charge in [0.05, 0.1) is 0 Å². The fourth-order valence-electron chi connectivity index (χ4n) is 1.81. The van der Waals surface area contributed by atoms with Crippen molar-refractivity contribution < 1.29 is 19.4 Å². The van der Waals surface area contributed by atoms with Crippen molar-refractivity contribution in [2.45, 2.75) is 66.0 Å². The first-order chi connectivity index (χ1) is 10.0. The van der Waals surface area contributed by atoms with Crippen molar-refractivity contribution in [1.29, 1.82) is 0 Å². The molecule has 2 unspecified atom stereocenters. The molecule has 0 aromatic rings. The number of aliphatic hydroxyl groups excluding tert-OH is 1. The van der Waals surface area contributed by atoms with Crippen LogP contribution in [-0.2, 0) is 9.53 Å². The predicted molar refractivity (Wildman–Crippen MR) is 86.5 cm³/mol. The summed E-state index contributed by atoms with van der Waals surface area (Å²) < 4.78 is 5.20. The van der Waals surface area contributed by atoms with Gasteiger partial charge in [-0.2, -0.15) is 0 Å². The number of carbonyl (C=O) groups is 2. The molecule has 22 heavy (non-hydrogen) atoms. The molecule has 0 saturated heterocycles. The maximum absolute atomic E-state index is 12.2. The Bertz CT molecular complexity index is 351. The van der Waals surface area contributed by atoms with Crippen LogP contribution in [0.5, 0.6) is 0 Å². The first-order valence-electron chi connectivity index (χ1n) is 7.93. The first kappa shape index (κ1) is 20.7. The molecule has 6 nitrogen and oxygen atoms in total. The van der Waals surface area contributed by atoms with E-state index >= 15 is 0 Å². The zero-order valence-corrected chi connectivity index (χ0v) is 14.7. The van der Waals surface area contributed by atoms with Crippen LogP contribution in [0, 0.1) is 11.8 Å². The molecule has 0 rings (SSSR count). The molecule has 3 N–H and O–H groups in total. The van der Waals surface area contributed by atoms with Gasteiger partial charge in [0.15, 0.2) is 0 Å². The Morgan fingerprint density at radius 2 is 1.77 bits per heavy atom. The van der Waals surface area contributed by atoms with Crippen molar-refractivity contribution >= 4 is 12.0 Å². The van der Waals surface area contributed by atoms with Gasteiger partial charge in [-0.05, 0) is 45.4 Å². The standard InChI is InChI=1S/C16H32N2O4/c1-11(2)9-13(18-15(21)22-16(4,5)6)14(20)17-8-7-12(3)10-19/h11-13,19H,7-10H2,1-6H3,(H,17,20)(H,18,21). The quantitative estimate of drug-likeness (QED) is 0.639. The highest BCUT2D eigenvalue weighted by Crippen LogP contribution is 2.09. The summed E-state index contributed by atoms with van der Waals surface area (Å²) in [5, 5.41) is 14.4. The highest BCUT2D eigenvalue weighted by molar-refractivity contribution is 5.85. The van der Waals surface area contributed by atoms with Crippen molar-refractivity contribution in [3.05, 3.63) is 0 Å². The van der Waals surface area contributed by atoms with Crippen LogP contribution in [0.25, 0.3) is 0 Å². The van der Waals surface area contributed by atoms with Crippen molar-refractivity contribution in [2.75, 3.05) is 13.2 Å². The molecule has 0 aromatic heterocycles. The first-order valence-corrected chi connectivity index (χ1v) is 7.93. The van der Waals surface area contributed by atoms with E-state index in [-0.39, 0.29) is 24.3 Å². The number of alkyl carbamates (subject to hydrolysis) is 1. The second-order valence-electron chi connectivity index (χ2n) is 7.20. The van der Waals surface area contributed by atoms with E-state index in [9.17, 15) is 9.59 Å². The summed E-state index contributed by atoms with van der Waals surface area (Å²) >= 11 is 0. The van der Waals surface area contributed by atoms with E-state index in [1.165, 1.54) is 0 Å². The van der Waals surface area contributed by atoms with Crippen LogP contribution >= 0.6 is 0 Å². The molecule has 2 atom stereocenters. The second-order valence-corrected chi connectivity index (χ2v) is 7.20. The Hall–Kier alpha value is -1.30. The van der Waals surface area contributed by atoms with Crippen LogP contribution in [0.4, 0.5) is 4.79 Å². The van der Waals surface area contributed by atoms with Crippen LogP contribution in [0.1, 0.15) is 54.4 Å².